The van der Waals surface area contributed by atoms with Gasteiger partial charge in [0.1, 0.15) is 11.1 Å². The fraction of sp³-hybridized carbons (Fsp3) is 0.857. The Labute approximate surface area is 120 Å². The molecule has 1 saturated carbocycles. The van der Waals surface area contributed by atoms with Gasteiger partial charge in [0.15, 0.2) is 0 Å². The molecule has 0 amide bonds. The van der Waals surface area contributed by atoms with Crippen molar-refractivity contribution in [2.24, 2.45) is 5.92 Å². The van der Waals surface area contributed by atoms with Crippen LogP contribution >= 0.6 is 11.3 Å². The monoisotopic (exact) mass is 283 g/mol. The molecule has 0 atom stereocenters. The molecule has 0 radical (unpaired) electrons. The van der Waals surface area contributed by atoms with Crippen LogP contribution in [-0.2, 0) is 6.54 Å². The third-order valence-corrected chi connectivity index (χ3v) is 4.26. The van der Waals surface area contributed by atoms with E-state index in [0.29, 0.717) is 6.10 Å². The Morgan fingerprint density at radius 2 is 1.89 bits per heavy atom. The predicted octanol–water partition coefficient (Wildman–Crippen LogP) is 3.38. The number of ether oxygens (including phenoxy) is 1. The molecule has 1 aliphatic carbocycles. The van der Waals surface area contributed by atoms with E-state index in [-0.39, 0.29) is 5.54 Å². The third-order valence-electron chi connectivity index (χ3n) is 3.45. The molecule has 1 heterocycles. The maximum absolute atomic E-state index is 5.93. The van der Waals surface area contributed by atoms with Crippen molar-refractivity contribution < 1.29 is 4.74 Å². The Morgan fingerprint density at radius 3 is 2.53 bits per heavy atom. The summed E-state index contributed by atoms with van der Waals surface area (Å²) in [5, 5.41) is 13.5. The SMILES string of the molecule is CC1CCC(Oc2nnc(CNC(C)(C)C)s2)CC1. The Morgan fingerprint density at radius 1 is 1.21 bits per heavy atom. The fourth-order valence-electron chi connectivity index (χ4n) is 2.19. The first-order valence-electron chi connectivity index (χ1n) is 7.16. The summed E-state index contributed by atoms with van der Waals surface area (Å²) < 4.78 is 5.93. The van der Waals surface area contributed by atoms with Gasteiger partial charge in [-0.2, -0.15) is 0 Å². The molecular formula is C14H25N3OS. The van der Waals surface area contributed by atoms with Gasteiger partial charge in [0.05, 0.1) is 6.54 Å². The summed E-state index contributed by atoms with van der Waals surface area (Å²) in [4.78, 5) is 0. The van der Waals surface area contributed by atoms with Crippen LogP contribution in [0, 0.1) is 5.92 Å². The highest BCUT2D eigenvalue weighted by atomic mass is 32.1. The molecule has 0 unspecified atom stereocenters. The lowest BCUT2D eigenvalue weighted by Crippen LogP contribution is -2.35. The van der Waals surface area contributed by atoms with Gasteiger partial charge in [0.2, 0.25) is 0 Å². The van der Waals surface area contributed by atoms with Crippen molar-refractivity contribution >= 4 is 11.3 Å². The Kier molecular flexibility index (Phi) is 4.79. The molecular weight excluding hydrogens is 258 g/mol. The zero-order valence-corrected chi connectivity index (χ0v) is 13.2. The van der Waals surface area contributed by atoms with Crippen molar-refractivity contribution in [3.05, 3.63) is 5.01 Å². The Bertz CT molecular complexity index is 392. The zero-order chi connectivity index (χ0) is 13.9. The molecule has 2 rings (SSSR count). The molecule has 4 nitrogen and oxygen atoms in total. The molecule has 19 heavy (non-hydrogen) atoms. The number of hydrogen-bond acceptors (Lipinski definition) is 5. The van der Waals surface area contributed by atoms with Crippen LogP contribution in [0.3, 0.4) is 0 Å². The summed E-state index contributed by atoms with van der Waals surface area (Å²) >= 11 is 1.56. The van der Waals surface area contributed by atoms with Crippen LogP contribution in [0.15, 0.2) is 0 Å². The third kappa shape index (κ3) is 5.07. The normalized spacial score (nSPS) is 24.4. The highest BCUT2D eigenvalue weighted by molar-refractivity contribution is 7.13. The van der Waals surface area contributed by atoms with Gasteiger partial charge >= 0.3 is 0 Å². The highest BCUT2D eigenvalue weighted by Gasteiger charge is 2.21. The van der Waals surface area contributed by atoms with Crippen molar-refractivity contribution in [3.8, 4) is 5.19 Å². The summed E-state index contributed by atoms with van der Waals surface area (Å²) in [7, 11) is 0. The molecule has 0 aliphatic heterocycles. The van der Waals surface area contributed by atoms with Crippen LogP contribution < -0.4 is 10.1 Å². The maximum Gasteiger partial charge on any atom is 0.294 e. The van der Waals surface area contributed by atoms with Gasteiger partial charge in [-0.15, -0.1) is 5.10 Å². The lowest BCUT2D eigenvalue weighted by molar-refractivity contribution is 0.134. The largest absolute Gasteiger partial charge is 0.466 e. The van der Waals surface area contributed by atoms with E-state index in [9.17, 15) is 0 Å². The zero-order valence-electron chi connectivity index (χ0n) is 12.4. The number of aromatic nitrogens is 2. The smallest absolute Gasteiger partial charge is 0.294 e. The first-order chi connectivity index (χ1) is 8.92. The molecule has 5 heteroatoms. The molecule has 0 saturated heterocycles. The predicted molar refractivity (Wildman–Crippen MR) is 78.5 cm³/mol. The van der Waals surface area contributed by atoms with Gasteiger partial charge in [-0.3, -0.25) is 0 Å². The molecule has 1 fully saturated rings. The minimum atomic E-state index is 0.103. The van der Waals surface area contributed by atoms with E-state index in [4.69, 9.17) is 4.74 Å². The van der Waals surface area contributed by atoms with Gasteiger partial charge in [-0.05, 0) is 52.4 Å². The second-order valence-electron chi connectivity index (χ2n) is 6.56. The van der Waals surface area contributed by atoms with E-state index >= 15 is 0 Å². The summed E-state index contributed by atoms with van der Waals surface area (Å²) in [5.41, 5.74) is 0.103. The molecule has 1 aromatic heterocycles. The second kappa shape index (κ2) is 6.18. The van der Waals surface area contributed by atoms with Gasteiger partial charge in [0, 0.05) is 5.54 Å². The molecule has 1 N–H and O–H groups in total. The number of nitrogens with one attached hydrogen (secondary N) is 1. The summed E-state index contributed by atoms with van der Waals surface area (Å²) in [6.45, 7) is 9.52. The van der Waals surface area contributed by atoms with Gasteiger partial charge < -0.3 is 10.1 Å². The van der Waals surface area contributed by atoms with Crippen LogP contribution in [0.4, 0.5) is 0 Å². The van der Waals surface area contributed by atoms with Crippen LogP contribution in [0.2, 0.25) is 0 Å². The van der Waals surface area contributed by atoms with E-state index < -0.39 is 0 Å². The van der Waals surface area contributed by atoms with Gasteiger partial charge in [-0.25, -0.2) is 0 Å². The van der Waals surface area contributed by atoms with Crippen LogP contribution in [0.5, 0.6) is 5.19 Å². The molecule has 0 spiro atoms. The molecule has 0 aromatic carbocycles. The Balaban J connectivity index is 1.80. The number of nitrogens with zero attached hydrogens (tertiary/aromatic N) is 2. The summed E-state index contributed by atoms with van der Waals surface area (Å²) in [6.07, 6.45) is 5.17. The van der Waals surface area contributed by atoms with E-state index in [2.05, 4.69) is 43.2 Å². The average Bonchev–Trinajstić information content (AvgIpc) is 2.77. The van der Waals surface area contributed by atoms with Crippen molar-refractivity contribution in [2.75, 3.05) is 0 Å². The molecule has 0 bridgehead atoms. The quantitative estimate of drug-likeness (QED) is 0.920. The van der Waals surface area contributed by atoms with E-state index in [1.807, 2.05) is 0 Å². The van der Waals surface area contributed by atoms with Gasteiger partial charge in [0.25, 0.3) is 5.19 Å². The highest BCUT2D eigenvalue weighted by Crippen LogP contribution is 2.28. The lowest BCUT2D eigenvalue weighted by Gasteiger charge is -2.25. The number of rotatable bonds is 4. The summed E-state index contributed by atoms with van der Waals surface area (Å²) in [5.74, 6) is 0.848. The standard InChI is InChI=1S/C14H25N3OS/c1-10-5-7-11(8-6-10)18-13-17-16-12(19-13)9-15-14(2,3)4/h10-11,15H,5-9H2,1-4H3. The minimum Gasteiger partial charge on any atom is -0.466 e. The van der Waals surface area contributed by atoms with Crippen molar-refractivity contribution in [1.82, 2.24) is 15.5 Å². The fourth-order valence-corrected chi connectivity index (χ4v) is 2.88. The minimum absolute atomic E-state index is 0.103. The molecule has 1 aliphatic rings. The first kappa shape index (κ1) is 14.7. The first-order valence-corrected chi connectivity index (χ1v) is 7.98. The average molecular weight is 283 g/mol. The van der Waals surface area contributed by atoms with Crippen LogP contribution in [-0.4, -0.2) is 21.8 Å². The Hall–Kier alpha value is -0.680. The van der Waals surface area contributed by atoms with Crippen LogP contribution in [0.1, 0.15) is 58.4 Å². The van der Waals surface area contributed by atoms with E-state index in [1.165, 1.54) is 12.8 Å². The van der Waals surface area contributed by atoms with Crippen molar-refractivity contribution in [3.63, 3.8) is 0 Å². The molecule has 108 valence electrons. The van der Waals surface area contributed by atoms with E-state index in [1.54, 1.807) is 11.3 Å². The van der Waals surface area contributed by atoms with E-state index in [0.717, 1.165) is 35.5 Å². The lowest BCUT2D eigenvalue weighted by atomic mass is 9.89. The van der Waals surface area contributed by atoms with Crippen LogP contribution in [0.25, 0.3) is 0 Å². The second-order valence-corrected chi connectivity index (χ2v) is 7.59. The van der Waals surface area contributed by atoms with Crippen molar-refractivity contribution in [1.29, 1.82) is 0 Å². The number of hydrogen-bond donors (Lipinski definition) is 1. The summed E-state index contributed by atoms with van der Waals surface area (Å²) in [6, 6.07) is 0. The van der Waals surface area contributed by atoms with Crippen molar-refractivity contribution in [2.45, 2.75) is 71.6 Å². The molecule has 1 aromatic rings. The topological polar surface area (TPSA) is 47.0 Å². The van der Waals surface area contributed by atoms with Gasteiger partial charge in [-0.1, -0.05) is 23.4 Å². The maximum atomic E-state index is 5.93.